The van der Waals surface area contributed by atoms with Crippen molar-refractivity contribution in [2.75, 3.05) is 19.0 Å². The summed E-state index contributed by atoms with van der Waals surface area (Å²) in [6.45, 7) is 3.39. The molecule has 0 aliphatic rings. The van der Waals surface area contributed by atoms with Gasteiger partial charge in [0.2, 0.25) is 5.91 Å². The molecule has 0 aliphatic heterocycles. The van der Waals surface area contributed by atoms with Crippen molar-refractivity contribution in [3.8, 4) is 11.5 Å². The smallest absolute Gasteiger partial charge is 0.341 e. The average Bonchev–Trinajstić information content (AvgIpc) is 2.63. The maximum Gasteiger partial charge on any atom is 0.341 e. The normalized spacial score (nSPS) is 11.5. The second-order valence-electron chi connectivity index (χ2n) is 5.88. The third-order valence-corrected chi connectivity index (χ3v) is 4.06. The third-order valence-electron chi connectivity index (χ3n) is 4.06. The molecular formula is C20H23NO5. The van der Waals surface area contributed by atoms with E-state index in [2.05, 4.69) is 5.32 Å². The highest BCUT2D eigenvalue weighted by molar-refractivity contribution is 5.96. The van der Waals surface area contributed by atoms with Crippen LogP contribution in [0.5, 0.6) is 11.5 Å². The number of ether oxygens (including phenoxy) is 2. The second-order valence-corrected chi connectivity index (χ2v) is 5.88. The SMILES string of the molecule is CCC(C(=O)Nc1ccc(OCC(=O)O)cc1C)c1ccc(OC)cc1. The topological polar surface area (TPSA) is 84.9 Å². The molecular weight excluding hydrogens is 334 g/mol. The van der Waals surface area contributed by atoms with Gasteiger partial charge in [0.25, 0.3) is 0 Å². The van der Waals surface area contributed by atoms with E-state index in [1.54, 1.807) is 25.3 Å². The molecule has 1 amide bonds. The highest BCUT2D eigenvalue weighted by Gasteiger charge is 2.19. The van der Waals surface area contributed by atoms with Gasteiger partial charge in [-0.25, -0.2) is 4.79 Å². The average molecular weight is 357 g/mol. The van der Waals surface area contributed by atoms with Crippen molar-refractivity contribution in [1.29, 1.82) is 0 Å². The molecule has 6 heteroatoms. The predicted octanol–water partition coefficient (Wildman–Crippen LogP) is 3.60. The van der Waals surface area contributed by atoms with Crippen LogP contribution >= 0.6 is 0 Å². The van der Waals surface area contributed by atoms with Gasteiger partial charge in [-0.2, -0.15) is 0 Å². The molecule has 2 aromatic carbocycles. The molecule has 26 heavy (non-hydrogen) atoms. The predicted molar refractivity (Wildman–Crippen MR) is 99.0 cm³/mol. The van der Waals surface area contributed by atoms with E-state index in [1.165, 1.54) is 0 Å². The molecule has 0 aromatic heterocycles. The van der Waals surface area contributed by atoms with Crippen molar-refractivity contribution in [1.82, 2.24) is 0 Å². The van der Waals surface area contributed by atoms with Crippen LogP contribution in [0.25, 0.3) is 0 Å². The lowest BCUT2D eigenvalue weighted by Gasteiger charge is -2.17. The van der Waals surface area contributed by atoms with Gasteiger partial charge in [0, 0.05) is 5.69 Å². The summed E-state index contributed by atoms with van der Waals surface area (Å²) in [6.07, 6.45) is 0.664. The summed E-state index contributed by atoms with van der Waals surface area (Å²) in [6, 6.07) is 12.5. The van der Waals surface area contributed by atoms with E-state index < -0.39 is 12.6 Å². The summed E-state index contributed by atoms with van der Waals surface area (Å²) in [4.78, 5) is 23.3. The van der Waals surface area contributed by atoms with Gasteiger partial charge in [-0.05, 0) is 54.8 Å². The Morgan fingerprint density at radius 1 is 1.12 bits per heavy atom. The molecule has 2 rings (SSSR count). The summed E-state index contributed by atoms with van der Waals surface area (Å²) in [7, 11) is 1.60. The van der Waals surface area contributed by atoms with Gasteiger partial charge in [0.05, 0.1) is 13.0 Å². The van der Waals surface area contributed by atoms with Crippen LogP contribution in [0.15, 0.2) is 42.5 Å². The van der Waals surface area contributed by atoms with Crippen LogP contribution in [0.1, 0.15) is 30.4 Å². The number of aliphatic carboxylic acids is 1. The molecule has 0 radical (unpaired) electrons. The number of methoxy groups -OCH3 is 1. The molecule has 1 atom stereocenters. The Labute approximate surface area is 152 Å². The van der Waals surface area contributed by atoms with E-state index in [0.717, 1.165) is 16.9 Å². The van der Waals surface area contributed by atoms with Gasteiger partial charge in [-0.3, -0.25) is 4.79 Å². The standard InChI is InChI=1S/C20H23NO5/c1-4-17(14-5-7-15(25-3)8-6-14)20(24)21-18-10-9-16(11-13(18)2)26-12-19(22)23/h5-11,17H,4,12H2,1-3H3,(H,21,24)(H,22,23). The van der Waals surface area contributed by atoms with E-state index in [4.69, 9.17) is 14.6 Å². The largest absolute Gasteiger partial charge is 0.497 e. The van der Waals surface area contributed by atoms with Gasteiger partial charge in [-0.1, -0.05) is 19.1 Å². The number of carboxylic acid groups (broad SMARTS) is 1. The van der Waals surface area contributed by atoms with E-state index >= 15 is 0 Å². The first-order valence-electron chi connectivity index (χ1n) is 8.34. The monoisotopic (exact) mass is 357 g/mol. The molecule has 0 heterocycles. The second kappa shape index (κ2) is 8.89. The molecule has 2 aromatic rings. The first-order chi connectivity index (χ1) is 12.4. The molecule has 0 saturated heterocycles. The molecule has 0 saturated carbocycles. The van der Waals surface area contributed by atoms with Crippen molar-refractivity contribution < 1.29 is 24.2 Å². The summed E-state index contributed by atoms with van der Waals surface area (Å²) in [5, 5.41) is 11.6. The number of carboxylic acids is 1. The van der Waals surface area contributed by atoms with Crippen LogP contribution in [-0.2, 0) is 9.59 Å². The van der Waals surface area contributed by atoms with Gasteiger partial charge >= 0.3 is 5.97 Å². The molecule has 0 aliphatic carbocycles. The van der Waals surface area contributed by atoms with E-state index in [9.17, 15) is 9.59 Å². The minimum Gasteiger partial charge on any atom is -0.497 e. The Balaban J connectivity index is 2.10. The number of amides is 1. The fourth-order valence-electron chi connectivity index (χ4n) is 2.64. The Morgan fingerprint density at radius 3 is 2.31 bits per heavy atom. The lowest BCUT2D eigenvalue weighted by molar-refractivity contribution is -0.139. The number of aryl methyl sites for hydroxylation is 1. The minimum atomic E-state index is -1.04. The molecule has 0 bridgehead atoms. The van der Waals surface area contributed by atoms with Crippen molar-refractivity contribution in [2.45, 2.75) is 26.2 Å². The van der Waals surface area contributed by atoms with Gasteiger partial charge in [0.15, 0.2) is 6.61 Å². The van der Waals surface area contributed by atoms with Gasteiger partial charge < -0.3 is 19.9 Å². The number of carbonyl (C=O) groups excluding carboxylic acids is 1. The van der Waals surface area contributed by atoms with Crippen molar-refractivity contribution in [3.05, 3.63) is 53.6 Å². The number of carbonyl (C=O) groups is 2. The van der Waals surface area contributed by atoms with Crippen LogP contribution in [0.4, 0.5) is 5.69 Å². The van der Waals surface area contributed by atoms with E-state index in [0.29, 0.717) is 17.9 Å². The summed E-state index contributed by atoms with van der Waals surface area (Å²) in [5.74, 6) is -0.213. The zero-order chi connectivity index (χ0) is 19.1. The van der Waals surface area contributed by atoms with Crippen molar-refractivity contribution >= 4 is 17.6 Å². The third kappa shape index (κ3) is 4.99. The number of nitrogens with one attached hydrogen (secondary N) is 1. The summed E-state index contributed by atoms with van der Waals surface area (Å²) in [5.41, 5.74) is 2.39. The Morgan fingerprint density at radius 2 is 1.77 bits per heavy atom. The molecule has 0 fully saturated rings. The molecule has 0 spiro atoms. The Hall–Kier alpha value is -3.02. The molecule has 2 N–H and O–H groups in total. The van der Waals surface area contributed by atoms with Crippen molar-refractivity contribution in [2.24, 2.45) is 0 Å². The maximum absolute atomic E-state index is 12.7. The number of hydrogen-bond acceptors (Lipinski definition) is 4. The maximum atomic E-state index is 12.7. The lowest BCUT2D eigenvalue weighted by Crippen LogP contribution is -2.21. The van der Waals surface area contributed by atoms with Crippen LogP contribution in [-0.4, -0.2) is 30.7 Å². The fourth-order valence-corrected chi connectivity index (χ4v) is 2.64. The summed E-state index contributed by atoms with van der Waals surface area (Å²) >= 11 is 0. The Kier molecular flexibility index (Phi) is 6.60. The fraction of sp³-hybridized carbons (Fsp3) is 0.300. The lowest BCUT2D eigenvalue weighted by atomic mass is 9.95. The van der Waals surface area contributed by atoms with Crippen LogP contribution in [0.2, 0.25) is 0 Å². The van der Waals surface area contributed by atoms with E-state index in [1.807, 2.05) is 38.1 Å². The minimum absolute atomic E-state index is 0.0972. The molecule has 138 valence electrons. The van der Waals surface area contributed by atoms with Crippen LogP contribution in [0, 0.1) is 6.92 Å². The first kappa shape index (κ1) is 19.3. The van der Waals surface area contributed by atoms with Gasteiger partial charge in [0.1, 0.15) is 11.5 Å². The highest BCUT2D eigenvalue weighted by Crippen LogP contribution is 2.26. The summed E-state index contributed by atoms with van der Waals surface area (Å²) < 4.78 is 10.3. The molecule has 6 nitrogen and oxygen atoms in total. The Bertz CT molecular complexity index is 770. The van der Waals surface area contributed by atoms with Gasteiger partial charge in [-0.15, -0.1) is 0 Å². The number of benzene rings is 2. The number of anilines is 1. The number of rotatable bonds is 8. The first-order valence-corrected chi connectivity index (χ1v) is 8.34. The van der Waals surface area contributed by atoms with E-state index in [-0.39, 0.29) is 11.8 Å². The zero-order valence-corrected chi connectivity index (χ0v) is 15.1. The number of hydrogen-bond donors (Lipinski definition) is 2. The van der Waals surface area contributed by atoms with Crippen LogP contribution in [0.3, 0.4) is 0 Å². The van der Waals surface area contributed by atoms with Crippen LogP contribution < -0.4 is 14.8 Å². The highest BCUT2D eigenvalue weighted by atomic mass is 16.5. The quantitative estimate of drug-likeness (QED) is 0.754. The zero-order valence-electron chi connectivity index (χ0n) is 15.1. The molecule has 1 unspecified atom stereocenters. The van der Waals surface area contributed by atoms with Crippen molar-refractivity contribution in [3.63, 3.8) is 0 Å².